The maximum absolute atomic E-state index is 13.0. The molecule has 6 nitrogen and oxygen atoms in total. The molecule has 0 spiro atoms. The number of benzene rings is 1. The van der Waals surface area contributed by atoms with E-state index >= 15 is 0 Å². The number of imide groups is 1. The highest BCUT2D eigenvalue weighted by molar-refractivity contribution is 9.10. The second-order valence-corrected chi connectivity index (χ2v) is 8.72. The van der Waals surface area contributed by atoms with Gasteiger partial charge < -0.3 is 10.6 Å². The minimum absolute atomic E-state index is 0.0941. The van der Waals surface area contributed by atoms with Gasteiger partial charge in [0.1, 0.15) is 12.1 Å². The Morgan fingerprint density at radius 1 is 1.30 bits per heavy atom. The normalized spacial score (nSPS) is 31.0. The molecule has 0 aromatic heterocycles. The molecule has 1 aromatic rings. The Bertz CT molecular complexity index is 769. The number of hydrogen-bond acceptors (Lipinski definition) is 3. The molecule has 0 radical (unpaired) electrons. The number of carbonyl (C=O) groups is 3. The summed E-state index contributed by atoms with van der Waals surface area (Å²) in [5.41, 5.74) is -0.523. The van der Waals surface area contributed by atoms with Crippen molar-refractivity contribution in [2.45, 2.75) is 51.6 Å². The lowest BCUT2D eigenvalue weighted by atomic mass is 9.78. The second-order valence-electron chi connectivity index (χ2n) is 7.87. The van der Waals surface area contributed by atoms with Crippen LogP contribution in [-0.4, -0.2) is 35.3 Å². The lowest BCUT2D eigenvalue weighted by Crippen LogP contribution is -2.49. The summed E-state index contributed by atoms with van der Waals surface area (Å²) in [4.78, 5) is 38.9. The molecule has 0 bridgehead atoms. The van der Waals surface area contributed by atoms with E-state index in [1.165, 1.54) is 6.42 Å². The highest BCUT2D eigenvalue weighted by Crippen LogP contribution is 2.33. The van der Waals surface area contributed by atoms with Gasteiger partial charge in [0.05, 0.1) is 0 Å². The van der Waals surface area contributed by atoms with Crippen molar-refractivity contribution in [2.75, 3.05) is 6.54 Å². The third-order valence-corrected chi connectivity index (χ3v) is 6.73. The van der Waals surface area contributed by atoms with Gasteiger partial charge in [0, 0.05) is 16.1 Å². The van der Waals surface area contributed by atoms with Crippen LogP contribution in [0.25, 0.3) is 0 Å². The van der Waals surface area contributed by atoms with Crippen molar-refractivity contribution in [3.8, 4) is 0 Å². The molecule has 1 aliphatic carbocycles. The third-order valence-electron chi connectivity index (χ3n) is 6.04. The fourth-order valence-electron chi connectivity index (χ4n) is 4.07. The van der Waals surface area contributed by atoms with Crippen LogP contribution in [0.4, 0.5) is 4.79 Å². The molecule has 2 fully saturated rings. The predicted molar refractivity (Wildman–Crippen MR) is 106 cm³/mol. The molecule has 1 saturated heterocycles. The average molecular weight is 436 g/mol. The molecule has 3 rings (SSSR count). The van der Waals surface area contributed by atoms with Crippen LogP contribution in [0.15, 0.2) is 28.7 Å². The van der Waals surface area contributed by atoms with Crippen LogP contribution in [0.1, 0.15) is 45.6 Å². The van der Waals surface area contributed by atoms with E-state index in [-0.39, 0.29) is 18.5 Å². The van der Waals surface area contributed by atoms with Gasteiger partial charge in [-0.1, -0.05) is 60.8 Å². The van der Waals surface area contributed by atoms with Crippen LogP contribution in [-0.2, 0) is 15.1 Å². The van der Waals surface area contributed by atoms with Gasteiger partial charge in [-0.05, 0) is 31.2 Å². The van der Waals surface area contributed by atoms with Crippen molar-refractivity contribution >= 4 is 33.8 Å². The summed E-state index contributed by atoms with van der Waals surface area (Å²) in [6.45, 7) is 5.74. The molecular weight excluding hydrogens is 410 g/mol. The van der Waals surface area contributed by atoms with E-state index in [2.05, 4.69) is 40.4 Å². The SMILES string of the molecule is CC1CCCC(NC(=O)CN2C(=O)NC(C)(c3ccccc3Br)C2=O)C1C. The number of hydrogen-bond donors (Lipinski definition) is 2. The summed E-state index contributed by atoms with van der Waals surface area (Å²) in [7, 11) is 0. The zero-order valence-electron chi connectivity index (χ0n) is 15.9. The Labute approximate surface area is 168 Å². The number of amides is 4. The number of rotatable bonds is 4. The molecule has 4 atom stereocenters. The first-order valence-corrected chi connectivity index (χ1v) is 10.2. The van der Waals surface area contributed by atoms with E-state index in [0.29, 0.717) is 17.4 Å². The predicted octanol–water partition coefficient (Wildman–Crippen LogP) is 3.16. The van der Waals surface area contributed by atoms with Crippen LogP contribution in [0.2, 0.25) is 0 Å². The van der Waals surface area contributed by atoms with E-state index in [1.54, 1.807) is 13.0 Å². The Morgan fingerprint density at radius 3 is 2.70 bits per heavy atom. The van der Waals surface area contributed by atoms with Gasteiger partial charge in [0.25, 0.3) is 5.91 Å². The van der Waals surface area contributed by atoms with E-state index in [9.17, 15) is 14.4 Å². The molecule has 27 heavy (non-hydrogen) atoms. The molecule has 1 heterocycles. The maximum atomic E-state index is 13.0. The number of nitrogens with zero attached hydrogens (tertiary/aromatic N) is 1. The molecular formula is C20H26BrN3O3. The first kappa shape index (κ1) is 19.9. The molecule has 7 heteroatoms. The molecule has 1 saturated carbocycles. The molecule has 2 N–H and O–H groups in total. The van der Waals surface area contributed by atoms with Gasteiger partial charge >= 0.3 is 6.03 Å². The van der Waals surface area contributed by atoms with E-state index < -0.39 is 17.5 Å². The lowest BCUT2D eigenvalue weighted by molar-refractivity contribution is -0.135. The van der Waals surface area contributed by atoms with Crippen LogP contribution in [0.3, 0.4) is 0 Å². The molecule has 4 amide bonds. The van der Waals surface area contributed by atoms with Crippen molar-refractivity contribution < 1.29 is 14.4 Å². The summed E-state index contributed by atoms with van der Waals surface area (Å²) in [6, 6.07) is 6.81. The van der Waals surface area contributed by atoms with Crippen LogP contribution in [0, 0.1) is 11.8 Å². The Hall–Kier alpha value is -1.89. The number of urea groups is 1. The Balaban J connectivity index is 1.70. The second kappa shape index (κ2) is 7.62. The van der Waals surface area contributed by atoms with Crippen molar-refractivity contribution in [3.05, 3.63) is 34.3 Å². The van der Waals surface area contributed by atoms with Gasteiger partial charge in [0.15, 0.2) is 0 Å². The van der Waals surface area contributed by atoms with Gasteiger partial charge in [-0.2, -0.15) is 0 Å². The molecule has 2 aliphatic rings. The smallest absolute Gasteiger partial charge is 0.325 e. The minimum atomic E-state index is -1.19. The van der Waals surface area contributed by atoms with Crippen molar-refractivity contribution in [1.82, 2.24) is 15.5 Å². The third kappa shape index (κ3) is 3.74. The monoisotopic (exact) mass is 435 g/mol. The largest absolute Gasteiger partial charge is 0.352 e. The Morgan fingerprint density at radius 2 is 2.00 bits per heavy atom. The molecule has 1 aliphatic heterocycles. The molecule has 146 valence electrons. The first-order chi connectivity index (χ1) is 12.7. The summed E-state index contributed by atoms with van der Waals surface area (Å²) in [5, 5.41) is 5.76. The maximum Gasteiger partial charge on any atom is 0.325 e. The standard InChI is InChI=1S/C20H26BrN3O3/c1-12-7-6-10-16(13(12)2)22-17(25)11-24-18(26)20(3,23-19(24)27)14-8-4-5-9-15(14)21/h4-5,8-9,12-13,16H,6-7,10-11H2,1-3H3,(H,22,25)(H,23,27). The first-order valence-electron chi connectivity index (χ1n) is 9.42. The van der Waals surface area contributed by atoms with Crippen LogP contribution >= 0.6 is 15.9 Å². The van der Waals surface area contributed by atoms with Crippen molar-refractivity contribution in [3.63, 3.8) is 0 Å². The summed E-state index contributed by atoms with van der Waals surface area (Å²) in [6.07, 6.45) is 3.19. The summed E-state index contributed by atoms with van der Waals surface area (Å²) >= 11 is 3.44. The quantitative estimate of drug-likeness (QED) is 0.712. The van der Waals surface area contributed by atoms with Crippen LogP contribution < -0.4 is 10.6 Å². The topological polar surface area (TPSA) is 78.5 Å². The fourth-order valence-corrected chi connectivity index (χ4v) is 4.75. The van der Waals surface area contributed by atoms with Crippen molar-refractivity contribution in [2.24, 2.45) is 11.8 Å². The van der Waals surface area contributed by atoms with Crippen molar-refractivity contribution in [1.29, 1.82) is 0 Å². The zero-order chi connectivity index (χ0) is 19.8. The fraction of sp³-hybridized carbons (Fsp3) is 0.550. The number of nitrogens with one attached hydrogen (secondary N) is 2. The van der Waals surface area contributed by atoms with E-state index in [4.69, 9.17) is 0 Å². The van der Waals surface area contributed by atoms with Gasteiger partial charge in [-0.25, -0.2) is 4.79 Å². The van der Waals surface area contributed by atoms with Crippen LogP contribution in [0.5, 0.6) is 0 Å². The van der Waals surface area contributed by atoms with E-state index in [0.717, 1.165) is 22.2 Å². The van der Waals surface area contributed by atoms with Gasteiger partial charge in [0.2, 0.25) is 5.91 Å². The highest BCUT2D eigenvalue weighted by Gasteiger charge is 2.50. The lowest BCUT2D eigenvalue weighted by Gasteiger charge is -2.34. The van der Waals surface area contributed by atoms with Gasteiger partial charge in [-0.15, -0.1) is 0 Å². The van der Waals surface area contributed by atoms with E-state index in [1.807, 2.05) is 18.2 Å². The molecule has 4 unspecified atom stereocenters. The average Bonchev–Trinajstić information content (AvgIpc) is 2.83. The summed E-state index contributed by atoms with van der Waals surface area (Å²) < 4.78 is 0.734. The highest BCUT2D eigenvalue weighted by atomic mass is 79.9. The summed E-state index contributed by atoms with van der Waals surface area (Å²) in [5.74, 6) is 0.233. The zero-order valence-corrected chi connectivity index (χ0v) is 17.5. The van der Waals surface area contributed by atoms with Gasteiger partial charge in [-0.3, -0.25) is 14.5 Å². The number of carbonyl (C=O) groups excluding carboxylic acids is 3. The minimum Gasteiger partial charge on any atom is -0.352 e. The Kier molecular flexibility index (Phi) is 5.60. The number of halogens is 1. The molecule has 1 aromatic carbocycles.